The maximum atomic E-state index is 6.31. The van der Waals surface area contributed by atoms with Gasteiger partial charge in [-0.05, 0) is 39.2 Å². The third kappa shape index (κ3) is 2.07. The summed E-state index contributed by atoms with van der Waals surface area (Å²) >= 11 is 3.56. The van der Waals surface area contributed by atoms with Crippen LogP contribution in [0.15, 0.2) is 77.3 Å². The van der Waals surface area contributed by atoms with Crippen molar-refractivity contribution >= 4 is 15.9 Å². The lowest BCUT2D eigenvalue weighted by molar-refractivity contribution is 0.250. The summed E-state index contributed by atoms with van der Waals surface area (Å²) in [5.41, 5.74) is 5.00. The van der Waals surface area contributed by atoms with Crippen molar-refractivity contribution in [3.8, 4) is 16.9 Å². The first-order valence-electron chi connectivity index (χ1n) is 6.94. The van der Waals surface area contributed by atoms with Crippen LogP contribution in [0.25, 0.3) is 11.1 Å². The molecule has 3 aromatic rings. The molecule has 0 spiro atoms. The predicted octanol–water partition coefficient (Wildman–Crippen LogP) is 5.60. The number of benzene rings is 3. The molecule has 2 heteroatoms. The highest BCUT2D eigenvalue weighted by Crippen LogP contribution is 2.45. The van der Waals surface area contributed by atoms with E-state index in [9.17, 15) is 0 Å². The molecule has 1 aliphatic carbocycles. The Bertz CT molecular complexity index is 764. The van der Waals surface area contributed by atoms with Gasteiger partial charge in [0.25, 0.3) is 0 Å². The quantitative estimate of drug-likeness (QED) is 0.592. The van der Waals surface area contributed by atoms with Crippen molar-refractivity contribution in [3.63, 3.8) is 0 Å². The van der Waals surface area contributed by atoms with E-state index < -0.39 is 0 Å². The minimum atomic E-state index is -0.0453. The van der Waals surface area contributed by atoms with E-state index in [2.05, 4.69) is 64.5 Å². The van der Waals surface area contributed by atoms with Gasteiger partial charge in [-0.1, -0.05) is 60.7 Å². The van der Waals surface area contributed by atoms with Gasteiger partial charge in [-0.3, -0.25) is 0 Å². The monoisotopic (exact) mass is 336 g/mol. The van der Waals surface area contributed by atoms with E-state index in [-0.39, 0.29) is 6.10 Å². The number of hydrogen-bond acceptors (Lipinski definition) is 1. The average molecular weight is 337 g/mol. The maximum Gasteiger partial charge on any atom is 0.150 e. The predicted molar refractivity (Wildman–Crippen MR) is 88.5 cm³/mol. The molecule has 0 heterocycles. The number of fused-ring (bicyclic) bond motifs is 3. The van der Waals surface area contributed by atoms with Crippen molar-refractivity contribution in [1.82, 2.24) is 0 Å². The summed E-state index contributed by atoms with van der Waals surface area (Å²) in [6, 6.07) is 24.9. The van der Waals surface area contributed by atoms with Gasteiger partial charge < -0.3 is 4.74 Å². The van der Waals surface area contributed by atoms with Crippen LogP contribution < -0.4 is 4.74 Å². The second kappa shape index (κ2) is 5.05. The minimum absolute atomic E-state index is 0.0453. The molecule has 0 N–H and O–H groups in total. The molecular formula is C19H13BrO. The fourth-order valence-corrected chi connectivity index (χ4v) is 3.28. The first-order chi connectivity index (χ1) is 10.3. The van der Waals surface area contributed by atoms with Crippen molar-refractivity contribution in [1.29, 1.82) is 0 Å². The number of halogens is 1. The third-order valence-corrected chi connectivity index (χ3v) is 4.51. The molecule has 0 fully saturated rings. The summed E-state index contributed by atoms with van der Waals surface area (Å²) in [4.78, 5) is 0. The Labute approximate surface area is 132 Å². The lowest BCUT2D eigenvalue weighted by Gasteiger charge is -2.17. The molecule has 0 atom stereocenters. The summed E-state index contributed by atoms with van der Waals surface area (Å²) in [5, 5.41) is 0. The molecule has 1 nitrogen and oxygen atoms in total. The summed E-state index contributed by atoms with van der Waals surface area (Å²) < 4.78 is 7.29. The lowest BCUT2D eigenvalue weighted by Crippen LogP contribution is -2.06. The number of hydrogen-bond donors (Lipinski definition) is 0. The Balaban J connectivity index is 1.84. The Morgan fingerprint density at radius 2 is 1.19 bits per heavy atom. The van der Waals surface area contributed by atoms with Crippen LogP contribution in [0.4, 0.5) is 0 Å². The number of para-hydroxylation sites is 1. The van der Waals surface area contributed by atoms with Crippen molar-refractivity contribution in [3.05, 3.63) is 88.4 Å². The first-order valence-corrected chi connectivity index (χ1v) is 7.73. The molecule has 3 aromatic carbocycles. The van der Waals surface area contributed by atoms with Crippen LogP contribution >= 0.6 is 15.9 Å². The molecule has 0 unspecified atom stereocenters. The molecule has 102 valence electrons. The van der Waals surface area contributed by atoms with Gasteiger partial charge in [-0.15, -0.1) is 0 Å². The van der Waals surface area contributed by atoms with Gasteiger partial charge in [0, 0.05) is 11.1 Å². The van der Waals surface area contributed by atoms with Crippen LogP contribution in [0.1, 0.15) is 17.2 Å². The second-order valence-electron chi connectivity index (χ2n) is 5.10. The standard InChI is InChI=1S/C19H13BrO/c20-17-11-5-6-12-18(17)21-19-15-9-3-1-7-13(15)14-8-2-4-10-16(14)19/h1-12,19H. The highest BCUT2D eigenvalue weighted by Gasteiger charge is 2.29. The number of ether oxygens (including phenoxy) is 1. The molecule has 4 rings (SSSR count). The van der Waals surface area contributed by atoms with Gasteiger partial charge in [0.05, 0.1) is 4.47 Å². The van der Waals surface area contributed by atoms with E-state index in [4.69, 9.17) is 4.74 Å². The zero-order valence-corrected chi connectivity index (χ0v) is 12.9. The molecule has 0 aromatic heterocycles. The third-order valence-electron chi connectivity index (χ3n) is 3.86. The average Bonchev–Trinajstić information content (AvgIpc) is 2.85. The second-order valence-corrected chi connectivity index (χ2v) is 5.96. The van der Waals surface area contributed by atoms with Gasteiger partial charge in [-0.25, -0.2) is 0 Å². The van der Waals surface area contributed by atoms with Gasteiger partial charge >= 0.3 is 0 Å². The normalized spacial score (nSPS) is 12.8. The van der Waals surface area contributed by atoms with E-state index in [0.717, 1.165) is 10.2 Å². The molecule has 0 bridgehead atoms. The first kappa shape index (κ1) is 12.7. The number of rotatable bonds is 2. The fourth-order valence-electron chi connectivity index (χ4n) is 2.90. The summed E-state index contributed by atoms with van der Waals surface area (Å²) in [7, 11) is 0. The molecule has 0 radical (unpaired) electrons. The molecule has 0 saturated carbocycles. The smallest absolute Gasteiger partial charge is 0.150 e. The van der Waals surface area contributed by atoms with Crippen LogP contribution in [-0.2, 0) is 0 Å². The minimum Gasteiger partial charge on any atom is -0.480 e. The Hall–Kier alpha value is -2.06. The van der Waals surface area contributed by atoms with Gasteiger partial charge in [-0.2, -0.15) is 0 Å². The van der Waals surface area contributed by atoms with Gasteiger partial charge in [0.2, 0.25) is 0 Å². The molecule has 1 aliphatic rings. The zero-order chi connectivity index (χ0) is 14.2. The molecule has 0 saturated heterocycles. The van der Waals surface area contributed by atoms with Crippen LogP contribution in [-0.4, -0.2) is 0 Å². The van der Waals surface area contributed by atoms with Crippen LogP contribution in [0.3, 0.4) is 0 Å². The topological polar surface area (TPSA) is 9.23 Å². The maximum absolute atomic E-state index is 6.31. The lowest BCUT2D eigenvalue weighted by atomic mass is 10.1. The van der Waals surface area contributed by atoms with Crippen LogP contribution in [0.2, 0.25) is 0 Å². The van der Waals surface area contributed by atoms with Crippen molar-refractivity contribution in [2.24, 2.45) is 0 Å². The highest BCUT2D eigenvalue weighted by atomic mass is 79.9. The van der Waals surface area contributed by atoms with E-state index in [1.807, 2.05) is 24.3 Å². The Morgan fingerprint density at radius 1 is 0.667 bits per heavy atom. The van der Waals surface area contributed by atoms with E-state index in [0.29, 0.717) is 0 Å². The Morgan fingerprint density at radius 3 is 1.81 bits per heavy atom. The SMILES string of the molecule is Brc1ccccc1OC1c2ccccc2-c2ccccc21. The van der Waals surface area contributed by atoms with E-state index in [1.54, 1.807) is 0 Å². The molecular weight excluding hydrogens is 324 g/mol. The van der Waals surface area contributed by atoms with Crippen molar-refractivity contribution < 1.29 is 4.74 Å². The highest BCUT2D eigenvalue weighted by molar-refractivity contribution is 9.10. The van der Waals surface area contributed by atoms with E-state index in [1.165, 1.54) is 22.3 Å². The summed E-state index contributed by atoms with van der Waals surface area (Å²) in [6.45, 7) is 0. The molecule has 0 amide bonds. The van der Waals surface area contributed by atoms with E-state index >= 15 is 0 Å². The summed E-state index contributed by atoms with van der Waals surface area (Å²) in [6.07, 6.45) is -0.0453. The fraction of sp³-hybridized carbons (Fsp3) is 0.0526. The largest absolute Gasteiger partial charge is 0.480 e. The molecule has 0 aliphatic heterocycles. The molecule has 21 heavy (non-hydrogen) atoms. The van der Waals surface area contributed by atoms with Crippen molar-refractivity contribution in [2.75, 3.05) is 0 Å². The zero-order valence-electron chi connectivity index (χ0n) is 11.3. The Kier molecular flexibility index (Phi) is 3.04. The van der Waals surface area contributed by atoms with Gasteiger partial charge in [0.15, 0.2) is 6.10 Å². The van der Waals surface area contributed by atoms with Gasteiger partial charge in [0.1, 0.15) is 5.75 Å². The van der Waals surface area contributed by atoms with Crippen LogP contribution in [0, 0.1) is 0 Å². The van der Waals surface area contributed by atoms with Crippen LogP contribution in [0.5, 0.6) is 5.75 Å². The van der Waals surface area contributed by atoms with Crippen molar-refractivity contribution in [2.45, 2.75) is 6.10 Å². The summed E-state index contributed by atoms with van der Waals surface area (Å²) in [5.74, 6) is 0.869.